The molecule has 1 aliphatic carbocycles. The van der Waals surface area contributed by atoms with Crippen LogP contribution in [-0.4, -0.2) is 6.71 Å². The predicted octanol–water partition coefficient (Wildman–Crippen LogP) is 13.8. The molecule has 0 N–H and O–H groups in total. The maximum absolute atomic E-state index is 7.11. The number of nitrogens with zero attached hydrogens (tertiary/aromatic N) is 2. The van der Waals surface area contributed by atoms with Crippen molar-refractivity contribution in [1.82, 2.24) is 0 Å². The van der Waals surface area contributed by atoms with E-state index in [1.165, 1.54) is 38.6 Å². The minimum Gasteiger partial charge on any atom is -0.454 e. The van der Waals surface area contributed by atoms with Gasteiger partial charge in [0.25, 0.3) is 6.71 Å². The molecule has 0 spiro atoms. The summed E-state index contributed by atoms with van der Waals surface area (Å²) in [5.41, 5.74) is 20.2. The molecule has 0 fully saturated rings. The Morgan fingerprint density at radius 2 is 0.921 bits per heavy atom. The smallest absolute Gasteiger partial charge is 0.252 e. The van der Waals surface area contributed by atoms with Crippen molar-refractivity contribution in [3.63, 3.8) is 0 Å². The van der Waals surface area contributed by atoms with Gasteiger partial charge in [0.15, 0.2) is 16.7 Å². The lowest BCUT2D eigenvalue weighted by Gasteiger charge is -2.43. The molecule has 0 radical (unpaired) electrons. The number of benzene rings is 9. The Labute approximate surface area is 362 Å². The SMILES string of the molecule is CC1(C)c2ccccc2-c2cc3c(cc21)oc1c(N2c4ccccc4B4c5ccccc5N(c5c6oc7ccccc7c6cc6c5oc5ccccc56)c5cccc2c54)cccc13. The molecule has 0 unspecified atom stereocenters. The van der Waals surface area contributed by atoms with Crippen molar-refractivity contribution in [3.8, 4) is 11.1 Å². The van der Waals surface area contributed by atoms with E-state index in [4.69, 9.17) is 13.3 Å². The molecule has 12 aromatic rings. The van der Waals surface area contributed by atoms with Crippen LogP contribution in [0.25, 0.3) is 76.9 Å². The van der Waals surface area contributed by atoms with E-state index < -0.39 is 0 Å². The Hall–Kier alpha value is -7.96. The maximum atomic E-state index is 7.11. The molecule has 3 aromatic heterocycles. The van der Waals surface area contributed by atoms with E-state index in [1.54, 1.807) is 0 Å². The Morgan fingerprint density at radius 1 is 0.381 bits per heavy atom. The second kappa shape index (κ2) is 11.7. The van der Waals surface area contributed by atoms with Crippen LogP contribution < -0.4 is 26.2 Å². The van der Waals surface area contributed by atoms with Gasteiger partial charge in [-0.1, -0.05) is 129 Å². The van der Waals surface area contributed by atoms with Gasteiger partial charge in [-0.25, -0.2) is 0 Å². The van der Waals surface area contributed by atoms with Crippen LogP contribution in [0.1, 0.15) is 25.0 Å². The van der Waals surface area contributed by atoms with E-state index in [9.17, 15) is 0 Å². The predicted molar refractivity (Wildman–Crippen MR) is 260 cm³/mol. The molecule has 0 saturated carbocycles. The molecular formula is C57H35BN2O3. The quantitative estimate of drug-likeness (QED) is 0.163. The summed E-state index contributed by atoms with van der Waals surface area (Å²) < 4.78 is 21.0. The van der Waals surface area contributed by atoms with Crippen molar-refractivity contribution in [2.45, 2.75) is 19.3 Å². The fraction of sp³-hybridized carbons (Fsp3) is 0.0526. The average Bonchev–Trinajstić information content (AvgIpc) is 4.06. The Balaban J connectivity index is 1.02. The molecule has 294 valence electrons. The number of para-hydroxylation sites is 5. The van der Waals surface area contributed by atoms with Crippen LogP contribution >= 0.6 is 0 Å². The lowest BCUT2D eigenvalue weighted by molar-refractivity contribution is 0.647. The van der Waals surface area contributed by atoms with Crippen LogP contribution in [-0.2, 0) is 5.41 Å². The summed E-state index contributed by atoms with van der Waals surface area (Å²) in [6.45, 7) is 4.62. The Morgan fingerprint density at radius 3 is 1.65 bits per heavy atom. The topological polar surface area (TPSA) is 45.9 Å². The first-order valence-electron chi connectivity index (χ1n) is 21.8. The molecule has 5 heterocycles. The highest BCUT2D eigenvalue weighted by Crippen LogP contribution is 2.54. The number of rotatable bonds is 2. The van der Waals surface area contributed by atoms with Crippen molar-refractivity contribution in [3.05, 3.63) is 187 Å². The number of furan rings is 3. The van der Waals surface area contributed by atoms with Crippen LogP contribution in [0.5, 0.6) is 0 Å². The van der Waals surface area contributed by atoms with Gasteiger partial charge in [0.1, 0.15) is 22.4 Å². The lowest BCUT2D eigenvalue weighted by atomic mass is 9.33. The van der Waals surface area contributed by atoms with Crippen LogP contribution in [0, 0.1) is 0 Å². The summed E-state index contributed by atoms with van der Waals surface area (Å²) in [5.74, 6) is 0. The van der Waals surface area contributed by atoms with Gasteiger partial charge < -0.3 is 23.1 Å². The van der Waals surface area contributed by atoms with Crippen molar-refractivity contribution in [1.29, 1.82) is 0 Å². The molecule has 2 aliphatic heterocycles. The number of fused-ring (bicyclic) bond motifs is 16. The van der Waals surface area contributed by atoms with E-state index >= 15 is 0 Å². The van der Waals surface area contributed by atoms with Gasteiger partial charge >= 0.3 is 0 Å². The van der Waals surface area contributed by atoms with E-state index in [0.29, 0.717) is 0 Å². The number of hydrogen-bond acceptors (Lipinski definition) is 5. The molecule has 0 bridgehead atoms. The third kappa shape index (κ3) is 4.18. The van der Waals surface area contributed by atoms with Crippen molar-refractivity contribution >= 4 is 123 Å². The molecule has 5 nitrogen and oxygen atoms in total. The molecular weight excluding hydrogens is 771 g/mol. The first-order valence-corrected chi connectivity index (χ1v) is 21.8. The number of hydrogen-bond donors (Lipinski definition) is 0. The molecule has 0 amide bonds. The summed E-state index contributed by atoms with van der Waals surface area (Å²) in [6, 6.07) is 63.6. The summed E-state index contributed by atoms with van der Waals surface area (Å²) in [4.78, 5) is 4.85. The van der Waals surface area contributed by atoms with Gasteiger partial charge in [0.2, 0.25) is 0 Å². The molecule has 6 heteroatoms. The fourth-order valence-electron chi connectivity index (χ4n) is 11.7. The van der Waals surface area contributed by atoms with Crippen molar-refractivity contribution in [2.24, 2.45) is 0 Å². The summed E-state index contributed by atoms with van der Waals surface area (Å²) in [7, 11) is 0. The molecule has 3 aliphatic rings. The van der Waals surface area contributed by atoms with Gasteiger partial charge in [0, 0.05) is 60.5 Å². The van der Waals surface area contributed by atoms with E-state index in [2.05, 4.69) is 187 Å². The van der Waals surface area contributed by atoms with Gasteiger partial charge in [-0.15, -0.1) is 0 Å². The zero-order valence-electron chi connectivity index (χ0n) is 34.4. The van der Waals surface area contributed by atoms with Gasteiger partial charge in [-0.3, -0.25) is 0 Å². The summed E-state index contributed by atoms with van der Waals surface area (Å²) in [6.07, 6.45) is 0. The molecule has 0 atom stereocenters. The third-order valence-corrected chi connectivity index (χ3v) is 14.4. The zero-order chi connectivity index (χ0) is 41.3. The minimum absolute atomic E-state index is 0.0303. The third-order valence-electron chi connectivity index (χ3n) is 14.4. The first kappa shape index (κ1) is 33.7. The monoisotopic (exact) mass is 806 g/mol. The first-order chi connectivity index (χ1) is 31.0. The van der Waals surface area contributed by atoms with Crippen molar-refractivity contribution in [2.75, 3.05) is 9.80 Å². The maximum Gasteiger partial charge on any atom is 0.252 e. The van der Waals surface area contributed by atoms with Crippen molar-refractivity contribution < 1.29 is 13.3 Å². The standard InChI is InChI=1S/C57H35BN2O3/c1-57(2)40-19-6-3-15-32(40)36-29-37-35-18-13-26-48(54(35)63-51(37)31-41(36)57)59-44-22-9-7-20-42(44)58-43-21-8-10-23-45(43)60(47-25-14-24-46(59)52(47)58)53-55-38(33-16-4-11-27-49(33)61-55)30-39-34-17-5-12-28-50(34)62-56(39)53/h3-31H,1-2H3. The summed E-state index contributed by atoms with van der Waals surface area (Å²) in [5, 5.41) is 6.52. The van der Waals surface area contributed by atoms with E-state index in [-0.39, 0.29) is 12.1 Å². The average molecular weight is 807 g/mol. The second-order valence-corrected chi connectivity index (χ2v) is 17.9. The van der Waals surface area contributed by atoms with Gasteiger partial charge in [0.05, 0.1) is 5.69 Å². The van der Waals surface area contributed by atoms with Gasteiger partial charge in [-0.05, 0) is 99.3 Å². The minimum atomic E-state index is -0.130. The van der Waals surface area contributed by atoms with Gasteiger partial charge in [-0.2, -0.15) is 0 Å². The van der Waals surface area contributed by atoms with E-state index in [1.807, 2.05) is 12.1 Å². The van der Waals surface area contributed by atoms with Crippen LogP contribution in [0.4, 0.5) is 34.1 Å². The normalized spacial score (nSPS) is 14.5. The highest BCUT2D eigenvalue weighted by atomic mass is 16.3. The summed E-state index contributed by atoms with van der Waals surface area (Å²) >= 11 is 0. The highest BCUT2D eigenvalue weighted by Gasteiger charge is 2.45. The Bertz CT molecular complexity index is 3910. The molecule has 15 rings (SSSR count). The highest BCUT2D eigenvalue weighted by molar-refractivity contribution is 7.00. The Kier molecular flexibility index (Phi) is 6.26. The zero-order valence-corrected chi connectivity index (χ0v) is 34.4. The lowest BCUT2D eigenvalue weighted by Crippen LogP contribution is -2.61. The second-order valence-electron chi connectivity index (χ2n) is 17.9. The van der Waals surface area contributed by atoms with Crippen LogP contribution in [0.3, 0.4) is 0 Å². The molecule has 9 aromatic carbocycles. The van der Waals surface area contributed by atoms with Crippen LogP contribution in [0.2, 0.25) is 0 Å². The molecule has 0 saturated heterocycles. The van der Waals surface area contributed by atoms with E-state index in [0.717, 1.165) is 99.9 Å². The fourth-order valence-corrected chi connectivity index (χ4v) is 11.7. The number of anilines is 6. The largest absolute Gasteiger partial charge is 0.454 e. The molecule has 63 heavy (non-hydrogen) atoms. The van der Waals surface area contributed by atoms with Crippen LogP contribution in [0.15, 0.2) is 189 Å².